The first-order chi connectivity index (χ1) is 6.16. The average Bonchev–Trinajstić information content (AvgIpc) is 2.08. The lowest BCUT2D eigenvalue weighted by Gasteiger charge is -1.98. The first-order valence-electron chi connectivity index (χ1n) is 3.82. The maximum atomic E-state index is 11.2. The van der Waals surface area contributed by atoms with E-state index in [0.717, 1.165) is 9.86 Å². The zero-order valence-electron chi connectivity index (χ0n) is 6.97. The van der Waals surface area contributed by atoms with Crippen LogP contribution in [0.2, 0.25) is 0 Å². The molecule has 3 nitrogen and oxygen atoms in total. The Labute approximate surface area is 82.9 Å². The van der Waals surface area contributed by atoms with Crippen molar-refractivity contribution in [2.24, 2.45) is 0 Å². The molecule has 13 heavy (non-hydrogen) atoms. The van der Waals surface area contributed by atoms with E-state index in [1.54, 1.807) is 13.1 Å². The molecule has 0 fully saturated rings. The highest BCUT2D eigenvalue weighted by atomic mass is 79.9. The third-order valence-electron chi connectivity index (χ3n) is 1.85. The van der Waals surface area contributed by atoms with Crippen LogP contribution in [0.3, 0.4) is 0 Å². The lowest BCUT2D eigenvalue weighted by atomic mass is 10.2. The molecular formula is C9H7BrN2O. The molecule has 0 amide bonds. The molecule has 1 N–H and O–H groups in total. The largest absolute Gasteiger partial charge is 0.306 e. The van der Waals surface area contributed by atoms with Crippen LogP contribution in [0.15, 0.2) is 27.6 Å². The van der Waals surface area contributed by atoms with E-state index in [1.807, 2.05) is 12.1 Å². The van der Waals surface area contributed by atoms with Crippen LogP contribution in [0.25, 0.3) is 11.0 Å². The van der Waals surface area contributed by atoms with Gasteiger partial charge in [-0.2, -0.15) is 0 Å². The summed E-state index contributed by atoms with van der Waals surface area (Å²) in [5.41, 5.74) is 1.24. The fourth-order valence-corrected chi connectivity index (χ4v) is 1.52. The lowest BCUT2D eigenvalue weighted by Crippen LogP contribution is -2.09. The first kappa shape index (κ1) is 8.44. The smallest absolute Gasteiger partial charge is 0.252 e. The van der Waals surface area contributed by atoms with Crippen molar-refractivity contribution in [1.29, 1.82) is 0 Å². The summed E-state index contributed by atoms with van der Waals surface area (Å²) in [6.45, 7) is 1.78. The fraction of sp³-hybridized carbons (Fsp3) is 0.111. The summed E-state index contributed by atoms with van der Waals surface area (Å²) in [4.78, 5) is 18.0. The molecule has 0 radical (unpaired) electrons. The van der Waals surface area contributed by atoms with Gasteiger partial charge in [0.05, 0.1) is 0 Å². The molecule has 0 aromatic carbocycles. The number of hydrogen-bond acceptors (Lipinski definition) is 2. The summed E-state index contributed by atoms with van der Waals surface area (Å²) in [6, 6.07) is 3.75. The van der Waals surface area contributed by atoms with Gasteiger partial charge in [-0.3, -0.25) is 4.79 Å². The molecule has 66 valence electrons. The van der Waals surface area contributed by atoms with E-state index in [1.165, 1.54) is 0 Å². The van der Waals surface area contributed by atoms with Crippen LogP contribution in [0.4, 0.5) is 0 Å². The molecule has 0 aliphatic rings. The zero-order valence-corrected chi connectivity index (χ0v) is 8.55. The Morgan fingerprint density at radius 1 is 1.46 bits per heavy atom. The molecule has 0 unspecified atom stereocenters. The Bertz CT molecular complexity index is 518. The Balaban J connectivity index is 2.89. The lowest BCUT2D eigenvalue weighted by molar-refractivity contribution is 1.18. The van der Waals surface area contributed by atoms with Crippen LogP contribution in [0.1, 0.15) is 5.56 Å². The second kappa shape index (κ2) is 2.96. The molecule has 2 aromatic heterocycles. The van der Waals surface area contributed by atoms with E-state index < -0.39 is 0 Å². The minimum atomic E-state index is -0.0812. The SMILES string of the molecule is Cc1cc2cc(Br)cnc2[nH]c1=O. The maximum Gasteiger partial charge on any atom is 0.252 e. The molecule has 0 bridgehead atoms. The average molecular weight is 239 g/mol. The molecule has 0 atom stereocenters. The second-order valence-corrected chi connectivity index (χ2v) is 3.79. The number of aromatic amines is 1. The summed E-state index contributed by atoms with van der Waals surface area (Å²) in [5.74, 6) is 0. The number of aromatic nitrogens is 2. The van der Waals surface area contributed by atoms with Crippen molar-refractivity contribution in [2.75, 3.05) is 0 Å². The van der Waals surface area contributed by atoms with E-state index in [4.69, 9.17) is 0 Å². The summed E-state index contributed by atoms with van der Waals surface area (Å²) in [6.07, 6.45) is 1.66. The minimum absolute atomic E-state index is 0.0812. The summed E-state index contributed by atoms with van der Waals surface area (Å²) in [5, 5.41) is 0.937. The van der Waals surface area contributed by atoms with Crippen molar-refractivity contribution in [1.82, 2.24) is 9.97 Å². The third kappa shape index (κ3) is 1.49. The van der Waals surface area contributed by atoms with Gasteiger partial charge < -0.3 is 4.98 Å². The Morgan fingerprint density at radius 2 is 2.23 bits per heavy atom. The van der Waals surface area contributed by atoms with Gasteiger partial charge in [0.2, 0.25) is 0 Å². The van der Waals surface area contributed by atoms with Gasteiger partial charge in [-0.05, 0) is 35.0 Å². The van der Waals surface area contributed by atoms with Gasteiger partial charge >= 0.3 is 0 Å². The summed E-state index contributed by atoms with van der Waals surface area (Å²) < 4.78 is 0.909. The number of H-pyrrole nitrogens is 1. The quantitative estimate of drug-likeness (QED) is 0.764. The van der Waals surface area contributed by atoms with Crippen molar-refractivity contribution in [3.8, 4) is 0 Å². The van der Waals surface area contributed by atoms with Crippen LogP contribution in [0.5, 0.6) is 0 Å². The van der Waals surface area contributed by atoms with Gasteiger partial charge in [0.1, 0.15) is 5.65 Å². The Kier molecular flexibility index (Phi) is 1.92. The van der Waals surface area contributed by atoms with Crippen molar-refractivity contribution in [3.05, 3.63) is 38.7 Å². The number of nitrogens with zero attached hydrogens (tertiary/aromatic N) is 1. The predicted octanol–water partition coefficient (Wildman–Crippen LogP) is 1.99. The fourth-order valence-electron chi connectivity index (χ4n) is 1.17. The van der Waals surface area contributed by atoms with Gasteiger partial charge in [0.25, 0.3) is 5.56 Å². The van der Waals surface area contributed by atoms with Crippen molar-refractivity contribution in [3.63, 3.8) is 0 Å². The molecule has 0 spiro atoms. The van der Waals surface area contributed by atoms with E-state index in [9.17, 15) is 4.79 Å². The maximum absolute atomic E-state index is 11.2. The van der Waals surface area contributed by atoms with E-state index in [2.05, 4.69) is 25.9 Å². The zero-order chi connectivity index (χ0) is 9.42. The molecular weight excluding hydrogens is 232 g/mol. The van der Waals surface area contributed by atoms with Crippen LogP contribution in [-0.4, -0.2) is 9.97 Å². The Morgan fingerprint density at radius 3 is 3.00 bits per heavy atom. The van der Waals surface area contributed by atoms with E-state index in [-0.39, 0.29) is 5.56 Å². The molecule has 4 heteroatoms. The van der Waals surface area contributed by atoms with Gasteiger partial charge in [0.15, 0.2) is 0 Å². The standard InChI is InChI=1S/C9H7BrN2O/c1-5-2-6-3-7(10)4-11-8(6)12-9(5)13/h2-4H,1H3,(H,11,12,13). The van der Waals surface area contributed by atoms with E-state index >= 15 is 0 Å². The molecule has 0 aliphatic heterocycles. The number of nitrogens with one attached hydrogen (secondary N) is 1. The van der Waals surface area contributed by atoms with Crippen LogP contribution in [0, 0.1) is 6.92 Å². The summed E-state index contributed by atoms with van der Waals surface area (Å²) >= 11 is 3.32. The predicted molar refractivity (Wildman–Crippen MR) is 54.8 cm³/mol. The number of hydrogen-bond donors (Lipinski definition) is 1. The summed E-state index contributed by atoms with van der Waals surface area (Å²) in [7, 11) is 0. The third-order valence-corrected chi connectivity index (χ3v) is 2.28. The van der Waals surface area contributed by atoms with E-state index in [0.29, 0.717) is 11.2 Å². The van der Waals surface area contributed by atoms with Gasteiger partial charge in [-0.1, -0.05) is 0 Å². The van der Waals surface area contributed by atoms with Gasteiger partial charge in [-0.15, -0.1) is 0 Å². The molecule has 0 saturated carbocycles. The number of pyridine rings is 2. The number of aryl methyl sites for hydroxylation is 1. The molecule has 0 aliphatic carbocycles. The molecule has 2 aromatic rings. The second-order valence-electron chi connectivity index (χ2n) is 2.87. The van der Waals surface area contributed by atoms with Crippen LogP contribution >= 0.6 is 15.9 Å². The first-order valence-corrected chi connectivity index (χ1v) is 4.61. The van der Waals surface area contributed by atoms with Crippen molar-refractivity contribution < 1.29 is 0 Å². The van der Waals surface area contributed by atoms with Crippen molar-refractivity contribution in [2.45, 2.75) is 6.92 Å². The number of fused-ring (bicyclic) bond motifs is 1. The topological polar surface area (TPSA) is 45.8 Å². The van der Waals surface area contributed by atoms with Crippen molar-refractivity contribution >= 4 is 27.0 Å². The highest BCUT2D eigenvalue weighted by Gasteiger charge is 1.99. The Hall–Kier alpha value is -1.16. The normalized spacial score (nSPS) is 10.6. The number of halogens is 1. The molecule has 2 heterocycles. The highest BCUT2D eigenvalue weighted by Crippen LogP contribution is 2.14. The number of rotatable bonds is 0. The molecule has 2 rings (SSSR count). The monoisotopic (exact) mass is 238 g/mol. The van der Waals surface area contributed by atoms with Gasteiger partial charge in [-0.25, -0.2) is 4.98 Å². The minimum Gasteiger partial charge on any atom is -0.306 e. The van der Waals surface area contributed by atoms with Crippen LogP contribution < -0.4 is 5.56 Å². The molecule has 0 saturated heterocycles. The highest BCUT2D eigenvalue weighted by molar-refractivity contribution is 9.10. The van der Waals surface area contributed by atoms with Crippen LogP contribution in [-0.2, 0) is 0 Å². The van der Waals surface area contributed by atoms with Gasteiger partial charge in [0, 0.05) is 21.6 Å².